The van der Waals surface area contributed by atoms with E-state index in [9.17, 15) is 0 Å². The third kappa shape index (κ3) is 9.28. The van der Waals surface area contributed by atoms with Crippen LogP contribution in [0.15, 0.2) is 24.4 Å². The van der Waals surface area contributed by atoms with Crippen LogP contribution in [-0.2, 0) is 0 Å². The average Bonchev–Trinajstić information content (AvgIpc) is 1.95. The smallest absolute Gasteiger partial charge is 0.000744 e. The van der Waals surface area contributed by atoms with E-state index < -0.39 is 0 Å². The van der Waals surface area contributed by atoms with Gasteiger partial charge in [0.15, 0.2) is 0 Å². The largest absolute Gasteiger partial charge is 0.403 e. The van der Waals surface area contributed by atoms with Gasteiger partial charge in [-0.05, 0) is 32.6 Å². The van der Waals surface area contributed by atoms with Crippen molar-refractivity contribution in [3.63, 3.8) is 0 Å². The van der Waals surface area contributed by atoms with Gasteiger partial charge in [0, 0.05) is 5.70 Å². The van der Waals surface area contributed by atoms with Crippen LogP contribution in [0.1, 0.15) is 45.4 Å². The number of hydrogen-bond acceptors (Lipinski definition) is 1. The minimum Gasteiger partial charge on any atom is -0.403 e. The molecular weight excluding hydrogens is 146 g/mol. The van der Waals surface area contributed by atoms with E-state index in [1.54, 1.807) is 0 Å². The predicted octanol–water partition coefficient (Wildman–Crippen LogP) is 3.38. The van der Waals surface area contributed by atoms with Crippen LogP contribution in [0.5, 0.6) is 0 Å². The fourth-order valence-electron chi connectivity index (χ4n) is 1.13. The molecule has 1 heteroatoms. The Morgan fingerprint density at radius 1 is 1.00 bits per heavy atom. The van der Waals surface area contributed by atoms with E-state index >= 15 is 0 Å². The maximum Gasteiger partial charge on any atom is 0.000744 e. The number of unbranched alkanes of at least 4 members (excludes halogenated alkanes) is 3. The summed E-state index contributed by atoms with van der Waals surface area (Å²) in [5.41, 5.74) is 7.55. The SMILES string of the molecule is C=C(C)CCCCCCC(=C)N. The van der Waals surface area contributed by atoms with Crippen molar-refractivity contribution in [2.24, 2.45) is 5.73 Å². The lowest BCUT2D eigenvalue weighted by atomic mass is 10.1. The zero-order valence-electron chi connectivity index (χ0n) is 8.23. The monoisotopic (exact) mass is 167 g/mol. The molecular formula is C11H21N. The molecule has 0 heterocycles. The molecule has 0 atom stereocenters. The van der Waals surface area contributed by atoms with Gasteiger partial charge < -0.3 is 5.73 Å². The van der Waals surface area contributed by atoms with Crippen LogP contribution in [0.4, 0.5) is 0 Å². The zero-order chi connectivity index (χ0) is 9.40. The Hall–Kier alpha value is -0.720. The van der Waals surface area contributed by atoms with Gasteiger partial charge in [0.1, 0.15) is 0 Å². The van der Waals surface area contributed by atoms with Crippen LogP contribution >= 0.6 is 0 Å². The highest BCUT2D eigenvalue weighted by Crippen LogP contribution is 2.09. The summed E-state index contributed by atoms with van der Waals surface area (Å²) in [5.74, 6) is 0. The Morgan fingerprint density at radius 2 is 1.50 bits per heavy atom. The molecule has 70 valence electrons. The first kappa shape index (κ1) is 11.3. The molecule has 0 aromatic carbocycles. The van der Waals surface area contributed by atoms with Crippen molar-refractivity contribution in [2.75, 3.05) is 0 Å². The Bertz CT molecular complexity index is 129. The van der Waals surface area contributed by atoms with E-state index in [0.717, 1.165) is 12.1 Å². The molecule has 0 spiro atoms. The molecule has 0 aromatic rings. The molecule has 0 saturated carbocycles. The van der Waals surface area contributed by atoms with Gasteiger partial charge in [-0.3, -0.25) is 0 Å². The van der Waals surface area contributed by atoms with E-state index in [0.29, 0.717) is 0 Å². The van der Waals surface area contributed by atoms with Crippen molar-refractivity contribution in [3.05, 3.63) is 24.4 Å². The standard InChI is InChI=1S/C11H21N/c1-10(2)8-6-4-5-7-9-11(3)12/h1,3-9,12H2,2H3. The van der Waals surface area contributed by atoms with Crippen LogP contribution in [-0.4, -0.2) is 0 Å². The number of allylic oxidation sites excluding steroid dienone is 2. The summed E-state index contributed by atoms with van der Waals surface area (Å²) in [7, 11) is 0. The molecule has 0 fully saturated rings. The molecule has 0 aliphatic carbocycles. The Balaban J connectivity index is 3.01. The third-order valence-electron chi connectivity index (χ3n) is 1.85. The first-order valence-corrected chi connectivity index (χ1v) is 4.70. The molecule has 0 radical (unpaired) electrons. The highest BCUT2D eigenvalue weighted by Gasteiger charge is 1.91. The van der Waals surface area contributed by atoms with Gasteiger partial charge in [0.2, 0.25) is 0 Å². The van der Waals surface area contributed by atoms with E-state index in [4.69, 9.17) is 5.73 Å². The van der Waals surface area contributed by atoms with Gasteiger partial charge >= 0.3 is 0 Å². The topological polar surface area (TPSA) is 26.0 Å². The first-order valence-electron chi connectivity index (χ1n) is 4.70. The highest BCUT2D eigenvalue weighted by atomic mass is 14.5. The Morgan fingerprint density at radius 3 is 1.92 bits per heavy atom. The maximum atomic E-state index is 5.45. The zero-order valence-corrected chi connectivity index (χ0v) is 8.23. The Labute approximate surface area is 76.3 Å². The highest BCUT2D eigenvalue weighted by molar-refractivity contribution is 4.87. The predicted molar refractivity (Wildman–Crippen MR) is 55.8 cm³/mol. The molecule has 0 rings (SSSR count). The van der Waals surface area contributed by atoms with Crippen LogP contribution in [0.25, 0.3) is 0 Å². The van der Waals surface area contributed by atoms with Gasteiger partial charge in [-0.1, -0.05) is 25.0 Å². The summed E-state index contributed by atoms with van der Waals surface area (Å²) in [5, 5.41) is 0. The molecule has 1 nitrogen and oxygen atoms in total. The van der Waals surface area contributed by atoms with Crippen molar-refractivity contribution in [3.8, 4) is 0 Å². The minimum absolute atomic E-state index is 0.815. The van der Waals surface area contributed by atoms with E-state index in [1.807, 2.05) is 0 Å². The normalized spacial score (nSPS) is 9.75. The van der Waals surface area contributed by atoms with Gasteiger partial charge in [-0.15, -0.1) is 6.58 Å². The summed E-state index contributed by atoms with van der Waals surface area (Å²) in [6, 6.07) is 0. The lowest BCUT2D eigenvalue weighted by Crippen LogP contribution is -1.93. The summed E-state index contributed by atoms with van der Waals surface area (Å²) in [4.78, 5) is 0. The van der Waals surface area contributed by atoms with Gasteiger partial charge in [-0.2, -0.15) is 0 Å². The summed E-state index contributed by atoms with van der Waals surface area (Å²) < 4.78 is 0. The molecule has 0 bridgehead atoms. The first-order chi connectivity index (χ1) is 5.63. The lowest BCUT2D eigenvalue weighted by molar-refractivity contribution is 0.636. The summed E-state index contributed by atoms with van der Waals surface area (Å²) in [6.45, 7) is 9.62. The molecule has 2 N–H and O–H groups in total. The van der Waals surface area contributed by atoms with Crippen molar-refractivity contribution in [1.29, 1.82) is 0 Å². The minimum atomic E-state index is 0.815. The van der Waals surface area contributed by atoms with E-state index in [-0.39, 0.29) is 0 Å². The van der Waals surface area contributed by atoms with E-state index in [2.05, 4.69) is 20.1 Å². The number of rotatable bonds is 7. The van der Waals surface area contributed by atoms with Gasteiger partial charge in [0.05, 0.1) is 0 Å². The van der Waals surface area contributed by atoms with Crippen molar-refractivity contribution in [1.82, 2.24) is 0 Å². The van der Waals surface area contributed by atoms with Crippen LogP contribution in [0.2, 0.25) is 0 Å². The molecule has 0 unspecified atom stereocenters. The second kappa shape index (κ2) is 6.96. The molecule has 0 amide bonds. The number of hydrogen-bond donors (Lipinski definition) is 1. The number of nitrogens with two attached hydrogens (primary N) is 1. The summed E-state index contributed by atoms with van der Waals surface area (Å²) in [6.07, 6.45) is 7.16. The second-order valence-electron chi connectivity index (χ2n) is 3.53. The Kier molecular flexibility index (Phi) is 6.54. The summed E-state index contributed by atoms with van der Waals surface area (Å²) >= 11 is 0. The van der Waals surface area contributed by atoms with Crippen molar-refractivity contribution >= 4 is 0 Å². The van der Waals surface area contributed by atoms with Crippen molar-refractivity contribution < 1.29 is 0 Å². The third-order valence-corrected chi connectivity index (χ3v) is 1.85. The van der Waals surface area contributed by atoms with Gasteiger partial charge in [0.25, 0.3) is 0 Å². The quantitative estimate of drug-likeness (QED) is 0.456. The molecule has 0 aliphatic heterocycles. The van der Waals surface area contributed by atoms with Crippen LogP contribution in [0.3, 0.4) is 0 Å². The molecule has 12 heavy (non-hydrogen) atoms. The fraction of sp³-hybridized carbons (Fsp3) is 0.636. The molecule has 0 saturated heterocycles. The van der Waals surface area contributed by atoms with Crippen LogP contribution < -0.4 is 5.73 Å². The van der Waals surface area contributed by atoms with E-state index in [1.165, 1.54) is 37.7 Å². The maximum absolute atomic E-state index is 5.45. The average molecular weight is 167 g/mol. The lowest BCUT2D eigenvalue weighted by Gasteiger charge is -2.00. The second-order valence-corrected chi connectivity index (χ2v) is 3.53. The molecule has 0 aliphatic rings. The van der Waals surface area contributed by atoms with Crippen molar-refractivity contribution in [2.45, 2.75) is 45.4 Å². The molecule has 0 aromatic heterocycles. The fourth-order valence-corrected chi connectivity index (χ4v) is 1.13. The van der Waals surface area contributed by atoms with Gasteiger partial charge in [-0.25, -0.2) is 0 Å². The van der Waals surface area contributed by atoms with Crippen LogP contribution in [0, 0.1) is 0 Å².